The topological polar surface area (TPSA) is 134 Å². The maximum Gasteiger partial charge on any atom is 0.329 e. The number of likely N-dealkylation sites (tertiary alicyclic amines) is 1. The van der Waals surface area contributed by atoms with Gasteiger partial charge in [0.2, 0.25) is 5.79 Å². The molecule has 9 unspecified atom stereocenters. The van der Waals surface area contributed by atoms with Crippen molar-refractivity contribution in [3.05, 3.63) is 0 Å². The molecule has 1 saturated carbocycles. The van der Waals surface area contributed by atoms with Gasteiger partial charge >= 0.3 is 5.97 Å². The number of amides is 1. The quantitative estimate of drug-likeness (QED) is 0.334. The van der Waals surface area contributed by atoms with E-state index in [0.717, 1.165) is 12.8 Å². The van der Waals surface area contributed by atoms with Crippen LogP contribution in [0.5, 0.6) is 0 Å². The van der Waals surface area contributed by atoms with Crippen LogP contribution in [0.25, 0.3) is 0 Å². The van der Waals surface area contributed by atoms with Crippen LogP contribution in [0, 0.1) is 23.7 Å². The van der Waals surface area contributed by atoms with Crippen molar-refractivity contribution in [1.82, 2.24) is 4.90 Å². The second-order valence-electron chi connectivity index (χ2n) is 11.7. The summed E-state index contributed by atoms with van der Waals surface area (Å²) in [4.78, 5) is 40.7. The first-order valence-corrected chi connectivity index (χ1v) is 13.7. The van der Waals surface area contributed by atoms with E-state index in [2.05, 4.69) is 0 Å². The highest BCUT2D eigenvalue weighted by atomic mass is 16.6. The van der Waals surface area contributed by atoms with Gasteiger partial charge in [-0.25, -0.2) is 4.79 Å². The van der Waals surface area contributed by atoms with Crippen molar-refractivity contribution in [3.8, 4) is 0 Å². The number of rotatable bonds is 8. The molecule has 0 spiro atoms. The van der Waals surface area contributed by atoms with Gasteiger partial charge in [0.15, 0.2) is 0 Å². The van der Waals surface area contributed by atoms with Crippen LogP contribution in [0.2, 0.25) is 0 Å². The molecular weight excluding hydrogens is 466 g/mol. The Kier molecular flexibility index (Phi) is 9.57. The number of ether oxygens (including phenoxy) is 2. The third kappa shape index (κ3) is 6.29. The Morgan fingerprint density at radius 3 is 2.36 bits per heavy atom. The highest BCUT2D eigenvalue weighted by Gasteiger charge is 2.53. The van der Waals surface area contributed by atoms with Gasteiger partial charge in [-0.2, -0.15) is 0 Å². The van der Waals surface area contributed by atoms with Gasteiger partial charge in [-0.1, -0.05) is 27.7 Å². The van der Waals surface area contributed by atoms with Crippen LogP contribution in [0.1, 0.15) is 86.0 Å². The number of hydrogen-bond donors (Lipinski definition) is 3. The molecule has 0 aromatic heterocycles. The minimum absolute atomic E-state index is 0.0266. The number of ketones is 1. The molecule has 9 nitrogen and oxygen atoms in total. The fourth-order valence-electron chi connectivity index (χ4n) is 5.83. The fourth-order valence-corrected chi connectivity index (χ4v) is 5.83. The molecule has 0 aromatic rings. The van der Waals surface area contributed by atoms with Gasteiger partial charge in [0, 0.05) is 12.5 Å². The van der Waals surface area contributed by atoms with Gasteiger partial charge < -0.3 is 29.7 Å². The Labute approximate surface area is 214 Å². The number of nitrogens with zero attached hydrogens (tertiary/aromatic N) is 1. The molecule has 2 saturated heterocycles. The minimum atomic E-state index is -2.19. The average Bonchev–Trinajstić information content (AvgIpc) is 3.32. The molecule has 2 heterocycles. The first-order valence-electron chi connectivity index (χ1n) is 13.7. The van der Waals surface area contributed by atoms with Gasteiger partial charge in [-0.05, 0) is 76.0 Å². The van der Waals surface area contributed by atoms with Crippen molar-refractivity contribution < 1.29 is 39.2 Å². The zero-order chi connectivity index (χ0) is 26.8. The first kappa shape index (κ1) is 29.0. The van der Waals surface area contributed by atoms with E-state index >= 15 is 0 Å². The van der Waals surface area contributed by atoms with E-state index in [1.165, 1.54) is 4.90 Å². The van der Waals surface area contributed by atoms with E-state index in [1.807, 2.05) is 27.7 Å². The van der Waals surface area contributed by atoms with Crippen molar-refractivity contribution in [3.63, 3.8) is 0 Å². The summed E-state index contributed by atoms with van der Waals surface area (Å²) in [5, 5.41) is 30.8. The molecule has 9 atom stereocenters. The van der Waals surface area contributed by atoms with Crippen LogP contribution in [-0.4, -0.2) is 80.7 Å². The molecule has 9 heteroatoms. The summed E-state index contributed by atoms with van der Waals surface area (Å²) in [6.07, 6.45) is 2.78. The van der Waals surface area contributed by atoms with Crippen LogP contribution in [0.3, 0.4) is 0 Å². The number of carbonyl (C=O) groups is 3. The Bertz CT molecular complexity index is 803. The summed E-state index contributed by atoms with van der Waals surface area (Å²) in [6, 6.07) is -0.869. The van der Waals surface area contributed by atoms with Gasteiger partial charge in [-0.3, -0.25) is 9.59 Å². The first-order chi connectivity index (χ1) is 16.8. The third-order valence-electron chi connectivity index (χ3n) is 8.63. The lowest BCUT2D eigenvalue weighted by Crippen LogP contribution is -2.59. The van der Waals surface area contributed by atoms with Crippen molar-refractivity contribution >= 4 is 17.7 Å². The standard InChI is InChI=1S/C27H45NO8/c1-15(2)23-11-8-17(4)27(34,36-23)24(31)25(32)28-12-6-7-20(28)26(33)35-18(5)16(3)13-19-9-10-21(29)22(30)14-19/h15-23,29-30,34H,6-14H2,1-5H3. The summed E-state index contributed by atoms with van der Waals surface area (Å²) < 4.78 is 11.5. The number of carbonyl (C=O) groups excluding carboxylic acids is 3. The predicted octanol–water partition coefficient (Wildman–Crippen LogP) is 2.19. The van der Waals surface area contributed by atoms with E-state index in [-0.39, 0.29) is 30.4 Å². The molecule has 3 rings (SSSR count). The monoisotopic (exact) mass is 511 g/mol. The Morgan fingerprint density at radius 1 is 1.03 bits per heavy atom. The maximum absolute atomic E-state index is 13.2. The van der Waals surface area contributed by atoms with Gasteiger partial charge in [0.05, 0.1) is 18.3 Å². The van der Waals surface area contributed by atoms with Gasteiger partial charge in [0.25, 0.3) is 11.7 Å². The smallest absolute Gasteiger partial charge is 0.329 e. The lowest BCUT2D eigenvalue weighted by Gasteiger charge is -2.42. The molecule has 2 aliphatic heterocycles. The summed E-state index contributed by atoms with van der Waals surface area (Å²) >= 11 is 0. The molecule has 0 radical (unpaired) electrons. The molecular formula is C27H45NO8. The van der Waals surface area contributed by atoms with E-state index in [0.29, 0.717) is 38.5 Å². The van der Waals surface area contributed by atoms with Crippen molar-refractivity contribution in [2.24, 2.45) is 23.7 Å². The Morgan fingerprint density at radius 2 is 1.72 bits per heavy atom. The summed E-state index contributed by atoms with van der Waals surface area (Å²) in [5.41, 5.74) is 0. The molecule has 1 aliphatic carbocycles. The number of hydrogen-bond acceptors (Lipinski definition) is 8. The molecule has 3 fully saturated rings. The minimum Gasteiger partial charge on any atom is -0.461 e. The average molecular weight is 512 g/mol. The molecule has 3 aliphatic rings. The van der Waals surface area contributed by atoms with E-state index < -0.39 is 53.7 Å². The second kappa shape index (κ2) is 11.9. The second-order valence-corrected chi connectivity index (χ2v) is 11.7. The largest absolute Gasteiger partial charge is 0.461 e. The highest BCUT2D eigenvalue weighted by Crippen LogP contribution is 2.37. The zero-order valence-electron chi connectivity index (χ0n) is 22.4. The highest BCUT2D eigenvalue weighted by molar-refractivity contribution is 6.39. The van der Waals surface area contributed by atoms with Crippen LogP contribution >= 0.6 is 0 Å². The number of aliphatic hydroxyl groups excluding tert-OH is 2. The normalized spacial score (nSPS) is 37.0. The Hall–Kier alpha value is -1.55. The van der Waals surface area contributed by atoms with Crippen molar-refractivity contribution in [1.29, 1.82) is 0 Å². The van der Waals surface area contributed by atoms with Crippen molar-refractivity contribution in [2.45, 2.75) is 122 Å². The molecule has 0 bridgehead atoms. The lowest BCUT2D eigenvalue weighted by molar-refractivity contribution is -0.269. The van der Waals surface area contributed by atoms with Crippen LogP contribution in [-0.2, 0) is 23.9 Å². The third-order valence-corrected chi connectivity index (χ3v) is 8.63. The van der Waals surface area contributed by atoms with Crippen LogP contribution in [0.4, 0.5) is 0 Å². The zero-order valence-corrected chi connectivity index (χ0v) is 22.4. The van der Waals surface area contributed by atoms with Gasteiger partial charge in [-0.15, -0.1) is 0 Å². The lowest BCUT2D eigenvalue weighted by atomic mass is 9.79. The molecule has 3 N–H and O–H groups in total. The molecule has 206 valence electrons. The number of Topliss-reactive ketones (excluding diaryl/α,β-unsaturated/α-hetero) is 1. The van der Waals surface area contributed by atoms with Gasteiger partial charge in [0.1, 0.15) is 12.1 Å². The molecule has 36 heavy (non-hydrogen) atoms. The number of aliphatic hydroxyl groups is 3. The summed E-state index contributed by atoms with van der Waals surface area (Å²) in [5.74, 6) is -4.82. The fraction of sp³-hybridized carbons (Fsp3) is 0.889. The van der Waals surface area contributed by atoms with E-state index in [1.54, 1.807) is 6.92 Å². The molecule has 0 aromatic carbocycles. The summed E-state index contributed by atoms with van der Waals surface area (Å²) in [7, 11) is 0. The number of esters is 1. The maximum atomic E-state index is 13.2. The summed E-state index contributed by atoms with van der Waals surface area (Å²) in [6.45, 7) is 9.64. The van der Waals surface area contributed by atoms with E-state index in [9.17, 15) is 29.7 Å². The predicted molar refractivity (Wildman–Crippen MR) is 131 cm³/mol. The van der Waals surface area contributed by atoms with Crippen LogP contribution in [0.15, 0.2) is 0 Å². The van der Waals surface area contributed by atoms with Crippen LogP contribution < -0.4 is 0 Å². The SMILES string of the molecule is CC(C)C1CCC(C)C(O)(C(=O)C(=O)N2CCCC2C(=O)OC(C)C(C)CC2CCC(O)C(O)C2)O1. The Balaban J connectivity index is 1.60. The molecule has 1 amide bonds. The van der Waals surface area contributed by atoms with E-state index in [4.69, 9.17) is 9.47 Å². The van der Waals surface area contributed by atoms with Crippen molar-refractivity contribution in [2.75, 3.05) is 6.54 Å².